The second kappa shape index (κ2) is 4.65. The van der Waals surface area contributed by atoms with Crippen molar-refractivity contribution in [1.82, 2.24) is 9.55 Å². The third-order valence-corrected chi connectivity index (χ3v) is 2.71. The largest absolute Gasteiger partial charge is 0.383 e. The molecule has 2 N–H and O–H groups in total. The topological polar surface area (TPSA) is 67.6 Å². The zero-order valence-corrected chi connectivity index (χ0v) is 10.0. The fourth-order valence-corrected chi connectivity index (χ4v) is 1.82. The standard InChI is InChI=1S/C14H12N4/c1-3-7-18-10(2)17-13(14(18)16)12-6-4-5-11(8-12)9-15/h1,4-6,8H,7,16H2,2H3. The summed E-state index contributed by atoms with van der Waals surface area (Å²) in [6.07, 6.45) is 5.29. The van der Waals surface area contributed by atoms with Crippen molar-refractivity contribution in [3.05, 3.63) is 35.7 Å². The summed E-state index contributed by atoms with van der Waals surface area (Å²) in [6, 6.07) is 9.28. The Kier molecular flexibility index (Phi) is 3.03. The Morgan fingerprint density at radius 3 is 2.94 bits per heavy atom. The summed E-state index contributed by atoms with van der Waals surface area (Å²) in [5, 5.41) is 8.89. The number of rotatable bonds is 2. The van der Waals surface area contributed by atoms with Crippen LogP contribution in [0.4, 0.5) is 5.82 Å². The summed E-state index contributed by atoms with van der Waals surface area (Å²) >= 11 is 0. The van der Waals surface area contributed by atoms with Crippen LogP contribution < -0.4 is 5.73 Å². The van der Waals surface area contributed by atoms with Gasteiger partial charge in [0.05, 0.1) is 18.2 Å². The van der Waals surface area contributed by atoms with E-state index in [9.17, 15) is 0 Å². The van der Waals surface area contributed by atoms with Crippen LogP contribution in [0, 0.1) is 30.6 Å². The highest BCUT2D eigenvalue weighted by atomic mass is 15.1. The molecule has 0 aliphatic carbocycles. The van der Waals surface area contributed by atoms with Gasteiger partial charge in [0.15, 0.2) is 0 Å². The lowest BCUT2D eigenvalue weighted by atomic mass is 10.1. The first-order chi connectivity index (χ1) is 8.67. The second-order valence-electron chi connectivity index (χ2n) is 3.88. The summed E-state index contributed by atoms with van der Waals surface area (Å²) in [4.78, 5) is 4.41. The van der Waals surface area contributed by atoms with Gasteiger partial charge in [-0.15, -0.1) is 6.42 Å². The second-order valence-corrected chi connectivity index (χ2v) is 3.88. The van der Waals surface area contributed by atoms with E-state index in [-0.39, 0.29) is 0 Å². The molecule has 0 unspecified atom stereocenters. The molecule has 0 atom stereocenters. The number of hydrogen-bond donors (Lipinski definition) is 1. The fourth-order valence-electron chi connectivity index (χ4n) is 1.82. The normalized spacial score (nSPS) is 9.72. The van der Waals surface area contributed by atoms with Crippen LogP contribution in [-0.4, -0.2) is 9.55 Å². The molecule has 4 heteroatoms. The highest BCUT2D eigenvalue weighted by Crippen LogP contribution is 2.26. The van der Waals surface area contributed by atoms with Crippen LogP contribution in [0.3, 0.4) is 0 Å². The van der Waals surface area contributed by atoms with Crippen molar-refractivity contribution >= 4 is 5.82 Å². The molecule has 0 bridgehead atoms. The van der Waals surface area contributed by atoms with E-state index in [1.54, 1.807) is 16.7 Å². The van der Waals surface area contributed by atoms with Crippen molar-refractivity contribution in [2.24, 2.45) is 0 Å². The Morgan fingerprint density at radius 1 is 1.50 bits per heavy atom. The average molecular weight is 236 g/mol. The highest BCUT2D eigenvalue weighted by molar-refractivity contribution is 5.72. The van der Waals surface area contributed by atoms with E-state index in [4.69, 9.17) is 17.4 Å². The molecular weight excluding hydrogens is 224 g/mol. The van der Waals surface area contributed by atoms with Crippen LogP contribution >= 0.6 is 0 Å². The average Bonchev–Trinajstić information content (AvgIpc) is 2.67. The maximum atomic E-state index is 8.89. The number of benzene rings is 1. The molecule has 0 saturated carbocycles. The quantitative estimate of drug-likeness (QED) is 0.810. The van der Waals surface area contributed by atoms with Crippen LogP contribution in [0.25, 0.3) is 11.3 Å². The van der Waals surface area contributed by atoms with Gasteiger partial charge in [-0.3, -0.25) is 0 Å². The van der Waals surface area contributed by atoms with Crippen LogP contribution in [-0.2, 0) is 6.54 Å². The van der Waals surface area contributed by atoms with Crippen LogP contribution in [0.5, 0.6) is 0 Å². The Balaban J connectivity index is 2.55. The molecule has 18 heavy (non-hydrogen) atoms. The van der Waals surface area contributed by atoms with Gasteiger partial charge in [-0.05, 0) is 19.1 Å². The Hall–Kier alpha value is -2.72. The van der Waals surface area contributed by atoms with E-state index in [1.165, 1.54) is 0 Å². The molecule has 0 aliphatic heterocycles. The van der Waals surface area contributed by atoms with Gasteiger partial charge in [0, 0.05) is 5.56 Å². The molecule has 1 heterocycles. The number of aryl methyl sites for hydroxylation is 1. The summed E-state index contributed by atoms with van der Waals surface area (Å²) in [5.74, 6) is 3.84. The molecule has 2 aromatic rings. The van der Waals surface area contributed by atoms with Gasteiger partial charge in [0.2, 0.25) is 0 Å². The molecule has 0 fully saturated rings. The third-order valence-electron chi connectivity index (χ3n) is 2.71. The smallest absolute Gasteiger partial charge is 0.132 e. The number of aromatic nitrogens is 2. The van der Waals surface area contributed by atoms with Gasteiger partial charge in [-0.1, -0.05) is 18.1 Å². The van der Waals surface area contributed by atoms with Gasteiger partial charge in [0.25, 0.3) is 0 Å². The lowest BCUT2D eigenvalue weighted by Gasteiger charge is -2.03. The number of nitriles is 1. The van der Waals surface area contributed by atoms with Crippen LogP contribution in [0.1, 0.15) is 11.4 Å². The van der Waals surface area contributed by atoms with Crippen molar-refractivity contribution in [2.45, 2.75) is 13.5 Å². The first kappa shape index (κ1) is 11.8. The Morgan fingerprint density at radius 2 is 2.28 bits per heavy atom. The van der Waals surface area contributed by atoms with E-state index in [2.05, 4.69) is 17.0 Å². The predicted molar refractivity (Wildman–Crippen MR) is 70.4 cm³/mol. The SMILES string of the molecule is C#CCn1c(C)nc(-c2cccc(C#N)c2)c1N. The molecule has 1 aromatic carbocycles. The van der Waals surface area contributed by atoms with Crippen LogP contribution in [0.15, 0.2) is 24.3 Å². The zero-order valence-electron chi connectivity index (χ0n) is 10.0. The lowest BCUT2D eigenvalue weighted by Crippen LogP contribution is -2.03. The monoisotopic (exact) mass is 236 g/mol. The number of nitrogen functional groups attached to an aromatic ring is 1. The molecular formula is C14H12N4. The number of nitrogens with two attached hydrogens (primary N) is 1. The summed E-state index contributed by atoms with van der Waals surface area (Å²) in [5.41, 5.74) is 8.11. The summed E-state index contributed by atoms with van der Waals surface area (Å²) in [6.45, 7) is 2.24. The molecule has 0 radical (unpaired) electrons. The first-order valence-corrected chi connectivity index (χ1v) is 5.44. The molecule has 0 spiro atoms. The zero-order chi connectivity index (χ0) is 13.1. The molecule has 0 saturated heterocycles. The lowest BCUT2D eigenvalue weighted by molar-refractivity contribution is 0.807. The number of anilines is 1. The maximum Gasteiger partial charge on any atom is 0.132 e. The van der Waals surface area contributed by atoms with Crippen molar-refractivity contribution in [3.63, 3.8) is 0 Å². The molecule has 0 aliphatic rings. The van der Waals surface area contributed by atoms with Crippen molar-refractivity contribution in [2.75, 3.05) is 5.73 Å². The molecule has 4 nitrogen and oxygen atoms in total. The third kappa shape index (κ3) is 1.92. The number of hydrogen-bond acceptors (Lipinski definition) is 3. The summed E-state index contributed by atoms with van der Waals surface area (Å²) < 4.78 is 1.77. The molecule has 0 amide bonds. The summed E-state index contributed by atoms with van der Waals surface area (Å²) in [7, 11) is 0. The Labute approximate surface area is 106 Å². The van der Waals surface area contributed by atoms with E-state index in [1.807, 2.05) is 19.1 Å². The van der Waals surface area contributed by atoms with Gasteiger partial charge >= 0.3 is 0 Å². The van der Waals surface area contributed by atoms with Gasteiger partial charge in [0.1, 0.15) is 17.3 Å². The molecule has 88 valence electrons. The number of terminal acetylenes is 1. The minimum absolute atomic E-state index is 0.391. The fraction of sp³-hybridized carbons (Fsp3) is 0.143. The predicted octanol–water partition coefficient (Wildman–Crippen LogP) is 1.95. The van der Waals surface area contributed by atoms with E-state index < -0.39 is 0 Å². The minimum Gasteiger partial charge on any atom is -0.383 e. The molecule has 2 rings (SSSR count). The maximum absolute atomic E-state index is 8.89. The van der Waals surface area contributed by atoms with Crippen LogP contribution in [0.2, 0.25) is 0 Å². The van der Waals surface area contributed by atoms with E-state index >= 15 is 0 Å². The van der Waals surface area contributed by atoms with Crippen molar-refractivity contribution < 1.29 is 0 Å². The molecule has 1 aromatic heterocycles. The highest BCUT2D eigenvalue weighted by Gasteiger charge is 2.13. The van der Waals surface area contributed by atoms with Gasteiger partial charge in [-0.25, -0.2) is 4.98 Å². The number of nitrogens with zero attached hydrogens (tertiary/aromatic N) is 3. The van der Waals surface area contributed by atoms with Crippen molar-refractivity contribution in [3.8, 4) is 29.7 Å². The Bertz CT molecular complexity index is 668. The van der Waals surface area contributed by atoms with E-state index in [0.29, 0.717) is 23.6 Å². The van der Waals surface area contributed by atoms with Crippen molar-refractivity contribution in [1.29, 1.82) is 5.26 Å². The van der Waals surface area contributed by atoms with Gasteiger partial charge in [-0.2, -0.15) is 5.26 Å². The number of imidazole rings is 1. The first-order valence-electron chi connectivity index (χ1n) is 5.44. The van der Waals surface area contributed by atoms with Gasteiger partial charge < -0.3 is 10.3 Å². The van der Waals surface area contributed by atoms with E-state index in [0.717, 1.165) is 11.4 Å². The minimum atomic E-state index is 0.391.